The number of amides is 1. The first-order valence-electron chi connectivity index (χ1n) is 31.8. The molecule has 0 unspecified atom stereocenters. The van der Waals surface area contributed by atoms with Gasteiger partial charge in [0.05, 0.1) is 42.8 Å². The molecule has 0 fully saturated rings. The van der Waals surface area contributed by atoms with Gasteiger partial charge in [-0.3, -0.25) is 47.8 Å². The number of carboxylic acids is 1. The van der Waals surface area contributed by atoms with Crippen LogP contribution in [-0.2, 0) is 51.1 Å². The van der Waals surface area contributed by atoms with Crippen LogP contribution < -0.4 is 22.0 Å². The van der Waals surface area contributed by atoms with E-state index in [1.54, 1.807) is 133 Å². The van der Waals surface area contributed by atoms with Crippen molar-refractivity contribution in [2.75, 3.05) is 12.3 Å². The van der Waals surface area contributed by atoms with Crippen LogP contribution in [0.15, 0.2) is 189 Å². The highest BCUT2D eigenvalue weighted by molar-refractivity contribution is 7.86. The minimum absolute atomic E-state index is 0.0710. The molecule has 100 heavy (non-hydrogen) atoms. The molecule has 0 radical (unpaired) electrons. The lowest BCUT2D eigenvalue weighted by Crippen LogP contribution is -2.30. The number of ether oxygens (including phenoxy) is 1. The van der Waals surface area contributed by atoms with Gasteiger partial charge in [-0.2, -0.15) is 0 Å². The number of hydrogen-bond acceptors (Lipinski definition) is 11. The van der Waals surface area contributed by atoms with E-state index in [9.17, 15) is 56.0 Å². The number of aryl methyl sites for hydroxylation is 3. The summed E-state index contributed by atoms with van der Waals surface area (Å²) in [5.41, 5.74) is 7.63. The Morgan fingerprint density at radius 1 is 0.560 bits per heavy atom. The van der Waals surface area contributed by atoms with Crippen molar-refractivity contribution in [3.63, 3.8) is 0 Å². The third-order valence-corrected chi connectivity index (χ3v) is 19.2. The van der Waals surface area contributed by atoms with Crippen LogP contribution in [0.1, 0.15) is 141 Å². The molecule has 0 bridgehead atoms. The van der Waals surface area contributed by atoms with Gasteiger partial charge in [-0.25, -0.2) is 13.2 Å². The average molecular weight is 1440 g/mol. The van der Waals surface area contributed by atoms with Crippen LogP contribution in [-0.4, -0.2) is 80.7 Å². The summed E-state index contributed by atoms with van der Waals surface area (Å²) in [4.78, 5) is 97.7. The van der Waals surface area contributed by atoms with Crippen LogP contribution >= 0.6 is 34.8 Å². The number of carboxylic acid groups (broad SMARTS) is 1. The standard InChI is InChI=1S/C31H35ClFNO5S.C24H21ClFN3O2.C22H16ClFN2O3/c1-30(2,3)39-28(36)14-20(18-40(38)31(4,5)6)24-16-27(35)34(7)17-26(24)23-13-12-22(33)15-25(23)29(37)19-8-10-21(32)11-9-19;1-3-27-22(30)12-21-18-11-23(31)29(2)13-20(18)17-9-8-16(26)10-19(17)24(28-21)14-4-6-15(25)7-5-14;1-26-11-18-15-7-6-14(24)8-17(15)22(12-2-4-13(23)5-3-12)25-19(10-21(28)29)16(18)9-20(26)27/h8-13,15-17,20H,14,18H2,1-7H3;4-11,13,21H,3,12H2,1-2H3,(H,27,30);2-9,11,19H,10H2,1H3,(H,28,29)/t20-,40-;21-;19-/m100/s1. The van der Waals surface area contributed by atoms with Crippen molar-refractivity contribution in [2.24, 2.45) is 31.1 Å². The molecule has 6 aromatic carbocycles. The molecule has 0 saturated carbocycles. The Kier molecular flexibility index (Phi) is 23.4. The van der Waals surface area contributed by atoms with Crippen molar-refractivity contribution in [3.8, 4) is 33.4 Å². The lowest BCUT2D eigenvalue weighted by atomic mass is 9.87. The van der Waals surface area contributed by atoms with Gasteiger partial charge in [0.1, 0.15) is 23.1 Å². The molecule has 518 valence electrons. The maximum Gasteiger partial charge on any atom is 0.306 e. The molecule has 2 N–H and O–H groups in total. The highest BCUT2D eigenvalue weighted by Gasteiger charge is 2.33. The highest BCUT2D eigenvalue weighted by Crippen LogP contribution is 2.42. The number of esters is 1. The SMILES string of the molecule is CCNC(=O)C[C@@H]1N=C(c2ccc(Cl)cc2)c2cc(F)ccc2-c2cn(C)c(=O)cc21.Cn1cc(-c2ccc(F)cc2C(=O)c2ccc(Cl)cc2)c([C@H](CC(=O)OC(C)(C)C)C[S@@](=O)C(C)(C)C)cc1=O.Cn1cc2c(cc1=O)[C@H](CC(=O)O)N=C(c1ccc(Cl)cc1)c1cc(F)ccc1-2. The third kappa shape index (κ3) is 18.1. The number of ketones is 1. The smallest absolute Gasteiger partial charge is 0.306 e. The molecule has 2 aliphatic rings. The number of benzene rings is 6. The molecule has 23 heteroatoms. The number of carbonyl (C=O) groups is 4. The first-order valence-corrected chi connectivity index (χ1v) is 34.2. The number of carbonyl (C=O) groups excluding carboxylic acids is 3. The van der Waals surface area contributed by atoms with E-state index in [1.807, 2.05) is 39.8 Å². The van der Waals surface area contributed by atoms with Crippen LogP contribution in [0.3, 0.4) is 0 Å². The number of nitrogens with zero attached hydrogens (tertiary/aromatic N) is 5. The van der Waals surface area contributed by atoms with E-state index in [-0.39, 0.29) is 53.2 Å². The number of aromatic nitrogens is 3. The number of pyridine rings is 3. The number of aliphatic carboxylic acids is 1. The molecule has 4 atom stereocenters. The molecule has 16 nitrogen and oxygen atoms in total. The molecule has 3 aromatic heterocycles. The summed E-state index contributed by atoms with van der Waals surface area (Å²) < 4.78 is 65.5. The van der Waals surface area contributed by atoms with E-state index in [1.165, 1.54) is 68.3 Å². The molecule has 1 amide bonds. The largest absolute Gasteiger partial charge is 0.481 e. The van der Waals surface area contributed by atoms with E-state index >= 15 is 0 Å². The van der Waals surface area contributed by atoms with Crippen LogP contribution in [0, 0.1) is 17.5 Å². The second kappa shape index (κ2) is 31.3. The van der Waals surface area contributed by atoms with Gasteiger partial charge in [-0.1, -0.05) is 77.3 Å². The number of nitrogens with one attached hydrogen (secondary N) is 1. The fourth-order valence-electron chi connectivity index (χ4n) is 11.6. The fraction of sp³-hybridized carbons (Fsp3) is 0.260. The Hall–Kier alpha value is -9.60. The number of halogens is 6. The van der Waals surface area contributed by atoms with Gasteiger partial charge in [0.2, 0.25) is 5.91 Å². The Morgan fingerprint density at radius 3 is 1.42 bits per heavy atom. The van der Waals surface area contributed by atoms with Crippen molar-refractivity contribution in [1.82, 2.24) is 19.0 Å². The molecule has 0 aliphatic carbocycles. The lowest BCUT2D eigenvalue weighted by Gasteiger charge is -2.27. The quantitative estimate of drug-likeness (QED) is 0.0731. The van der Waals surface area contributed by atoms with Crippen LogP contribution in [0.5, 0.6) is 0 Å². The van der Waals surface area contributed by atoms with E-state index in [2.05, 4.69) is 10.3 Å². The maximum atomic E-state index is 14.5. The summed E-state index contributed by atoms with van der Waals surface area (Å²) in [5.74, 6) is -4.20. The topological polar surface area (TPSA) is 218 Å². The number of rotatable bonds is 15. The average Bonchev–Trinajstić information content (AvgIpc) is 1.52. The Balaban J connectivity index is 0.000000177. The molecular weight excluding hydrogens is 1360 g/mol. The van der Waals surface area contributed by atoms with E-state index in [4.69, 9.17) is 44.5 Å². The van der Waals surface area contributed by atoms with Crippen molar-refractivity contribution in [2.45, 2.75) is 96.1 Å². The van der Waals surface area contributed by atoms with Gasteiger partial charge in [-0.15, -0.1) is 0 Å². The molecule has 2 aliphatic heterocycles. The maximum absolute atomic E-state index is 14.5. The molecule has 9 aromatic rings. The van der Waals surface area contributed by atoms with Gasteiger partial charge in [0.25, 0.3) is 16.7 Å². The zero-order chi connectivity index (χ0) is 72.8. The van der Waals surface area contributed by atoms with Crippen molar-refractivity contribution in [1.29, 1.82) is 0 Å². The Morgan fingerprint density at radius 2 is 0.980 bits per heavy atom. The first kappa shape index (κ1) is 74.6. The molecule has 0 spiro atoms. The van der Waals surface area contributed by atoms with Crippen molar-refractivity contribution in [3.05, 3.63) is 278 Å². The summed E-state index contributed by atoms with van der Waals surface area (Å²) in [6, 6.07) is 35.9. The normalized spacial score (nSPS) is 14.4. The van der Waals surface area contributed by atoms with Crippen molar-refractivity contribution >= 4 is 80.7 Å². The Bertz CT molecular complexity index is 4940. The first-order chi connectivity index (χ1) is 47.2. The lowest BCUT2D eigenvalue weighted by molar-refractivity contribution is -0.155. The monoisotopic (exact) mass is 1430 g/mol. The van der Waals surface area contributed by atoms with Gasteiger partial charge in [0, 0.05) is 157 Å². The summed E-state index contributed by atoms with van der Waals surface area (Å²) in [6.45, 7) is 13.1. The van der Waals surface area contributed by atoms with Gasteiger partial charge >= 0.3 is 11.9 Å². The third-order valence-electron chi connectivity index (χ3n) is 16.4. The fourth-order valence-corrected chi connectivity index (χ4v) is 13.1. The molecule has 5 heterocycles. The van der Waals surface area contributed by atoms with E-state index in [0.717, 1.165) is 22.8 Å². The summed E-state index contributed by atoms with van der Waals surface area (Å²) >= 11 is 18.0. The minimum Gasteiger partial charge on any atom is -0.481 e. The highest BCUT2D eigenvalue weighted by atomic mass is 35.5. The molecular formula is C77H72Cl3F3N6O10S. The molecule has 0 saturated heterocycles. The number of hydrogen-bond donors (Lipinski definition) is 2. The van der Waals surface area contributed by atoms with Gasteiger partial charge in [0.15, 0.2) is 5.78 Å². The van der Waals surface area contributed by atoms with Crippen molar-refractivity contribution < 1.29 is 46.4 Å². The number of fused-ring (bicyclic) bond motifs is 6. The van der Waals surface area contributed by atoms with E-state index in [0.29, 0.717) is 94.2 Å². The summed E-state index contributed by atoms with van der Waals surface area (Å²) in [7, 11) is 3.45. The summed E-state index contributed by atoms with van der Waals surface area (Å²) in [5, 5.41) is 13.8. The van der Waals surface area contributed by atoms with Gasteiger partial charge in [-0.05, 0) is 167 Å². The zero-order valence-corrected chi connectivity index (χ0v) is 59.5. The second-order valence-electron chi connectivity index (χ2n) is 26.0. The van der Waals surface area contributed by atoms with Crippen LogP contribution in [0.2, 0.25) is 15.1 Å². The number of aliphatic imine (C=N–C) groups is 2. The van der Waals surface area contributed by atoms with Crippen LogP contribution in [0.25, 0.3) is 33.4 Å². The zero-order valence-electron chi connectivity index (χ0n) is 56.4. The molecule has 11 rings (SSSR count). The predicted octanol–water partition coefficient (Wildman–Crippen LogP) is 14.9. The summed E-state index contributed by atoms with van der Waals surface area (Å²) in [6.07, 6.45) is 4.56. The minimum atomic E-state index is -1.39. The van der Waals surface area contributed by atoms with Gasteiger partial charge < -0.3 is 28.9 Å². The second-order valence-corrected chi connectivity index (χ2v) is 29.6. The van der Waals surface area contributed by atoms with Crippen LogP contribution in [0.4, 0.5) is 13.2 Å². The predicted molar refractivity (Wildman–Crippen MR) is 387 cm³/mol. The Labute approximate surface area is 593 Å². The van der Waals surface area contributed by atoms with E-state index < -0.39 is 74.3 Å².